The van der Waals surface area contributed by atoms with E-state index < -0.39 is 5.97 Å². The molecule has 1 N–H and O–H groups in total. The molecular formula is C24H30N4O3. The van der Waals surface area contributed by atoms with Gasteiger partial charge in [-0.25, -0.2) is 14.6 Å². The van der Waals surface area contributed by atoms with Crippen LogP contribution in [0.4, 0.5) is 10.5 Å². The van der Waals surface area contributed by atoms with E-state index in [0.717, 1.165) is 36.9 Å². The molecular weight excluding hydrogens is 392 g/mol. The molecule has 7 nitrogen and oxygen atoms in total. The standard InChI is InChI=1S/C24H30N4O3/c1-17-14-19(21(29)31-4)25-15-20(17)28-16-23(26-22(28)30)10-12-24(13-11-23,27(2)3)18-8-6-5-7-9-18/h5-9,14-15H,10-13,16H2,1-4H3,(H,26,30)/t23-,24-. The summed E-state index contributed by atoms with van der Waals surface area (Å²) in [5.74, 6) is -0.481. The van der Waals surface area contributed by atoms with Gasteiger partial charge in [0.05, 0.1) is 31.1 Å². The highest BCUT2D eigenvalue weighted by atomic mass is 16.5. The molecule has 164 valence electrons. The third kappa shape index (κ3) is 3.67. The number of methoxy groups -OCH3 is 1. The number of pyridine rings is 1. The van der Waals surface area contributed by atoms with Gasteiger partial charge in [-0.2, -0.15) is 0 Å². The average molecular weight is 423 g/mol. The first-order valence-corrected chi connectivity index (χ1v) is 10.7. The number of urea groups is 1. The van der Waals surface area contributed by atoms with Gasteiger partial charge in [0.25, 0.3) is 0 Å². The van der Waals surface area contributed by atoms with Crippen LogP contribution in [0.2, 0.25) is 0 Å². The number of carbonyl (C=O) groups is 2. The maximum Gasteiger partial charge on any atom is 0.356 e. The summed E-state index contributed by atoms with van der Waals surface area (Å²) < 4.78 is 4.74. The summed E-state index contributed by atoms with van der Waals surface area (Å²) >= 11 is 0. The molecule has 2 amide bonds. The minimum atomic E-state index is -0.481. The Balaban J connectivity index is 1.54. The Bertz CT molecular complexity index is 982. The van der Waals surface area contributed by atoms with Crippen molar-refractivity contribution in [1.29, 1.82) is 0 Å². The van der Waals surface area contributed by atoms with E-state index in [2.05, 4.69) is 53.6 Å². The summed E-state index contributed by atoms with van der Waals surface area (Å²) in [6.07, 6.45) is 5.33. The Labute approximate surface area is 183 Å². The van der Waals surface area contributed by atoms with Gasteiger partial charge in [0.15, 0.2) is 0 Å². The lowest BCUT2D eigenvalue weighted by Gasteiger charge is -2.48. The number of aromatic nitrogens is 1. The van der Waals surface area contributed by atoms with Crippen LogP contribution < -0.4 is 10.2 Å². The lowest BCUT2D eigenvalue weighted by Crippen LogP contribution is -2.54. The van der Waals surface area contributed by atoms with E-state index in [-0.39, 0.29) is 22.8 Å². The molecule has 1 aliphatic carbocycles. The number of hydrogen-bond acceptors (Lipinski definition) is 5. The number of benzene rings is 1. The molecule has 7 heteroatoms. The molecule has 1 spiro atoms. The second-order valence-corrected chi connectivity index (χ2v) is 8.94. The predicted molar refractivity (Wildman–Crippen MR) is 119 cm³/mol. The van der Waals surface area contributed by atoms with Crippen LogP contribution in [0.1, 0.15) is 47.3 Å². The van der Waals surface area contributed by atoms with Crippen LogP contribution in [0.15, 0.2) is 42.6 Å². The Hall–Kier alpha value is -2.93. The van der Waals surface area contributed by atoms with Crippen molar-refractivity contribution in [2.45, 2.75) is 43.7 Å². The number of nitrogens with zero attached hydrogens (tertiary/aromatic N) is 3. The van der Waals surface area contributed by atoms with Crippen LogP contribution in [-0.2, 0) is 10.3 Å². The summed E-state index contributed by atoms with van der Waals surface area (Å²) in [7, 11) is 5.61. The number of esters is 1. The van der Waals surface area contributed by atoms with Crippen LogP contribution in [0.3, 0.4) is 0 Å². The number of hydrogen-bond donors (Lipinski definition) is 1. The molecule has 2 aliphatic rings. The van der Waals surface area contributed by atoms with Gasteiger partial charge in [-0.15, -0.1) is 0 Å². The first-order valence-electron chi connectivity index (χ1n) is 10.7. The van der Waals surface area contributed by atoms with Gasteiger partial charge in [-0.05, 0) is 63.9 Å². The lowest BCUT2D eigenvalue weighted by atomic mass is 9.69. The molecule has 2 aromatic rings. The summed E-state index contributed by atoms with van der Waals surface area (Å²) in [4.78, 5) is 33.0. The lowest BCUT2D eigenvalue weighted by molar-refractivity contribution is 0.0594. The quantitative estimate of drug-likeness (QED) is 0.764. The first-order chi connectivity index (χ1) is 14.8. The molecule has 1 saturated carbocycles. The molecule has 0 atom stereocenters. The highest BCUT2D eigenvalue weighted by molar-refractivity contribution is 5.96. The van der Waals surface area contributed by atoms with Crippen LogP contribution in [0.25, 0.3) is 0 Å². The Morgan fingerprint density at radius 1 is 1.16 bits per heavy atom. The van der Waals surface area contributed by atoms with E-state index in [1.54, 1.807) is 17.2 Å². The fourth-order valence-electron chi connectivity index (χ4n) is 5.12. The number of anilines is 1. The highest BCUT2D eigenvalue weighted by Gasteiger charge is 2.50. The maximum atomic E-state index is 12.9. The fraction of sp³-hybridized carbons (Fsp3) is 0.458. The maximum absolute atomic E-state index is 12.9. The molecule has 0 unspecified atom stereocenters. The van der Waals surface area contributed by atoms with Crippen molar-refractivity contribution in [3.63, 3.8) is 0 Å². The highest BCUT2D eigenvalue weighted by Crippen LogP contribution is 2.46. The molecule has 2 heterocycles. The van der Waals surface area contributed by atoms with Crippen molar-refractivity contribution in [3.05, 3.63) is 59.4 Å². The predicted octanol–water partition coefficient (Wildman–Crippen LogP) is 3.48. The fourth-order valence-corrected chi connectivity index (χ4v) is 5.12. The zero-order valence-electron chi connectivity index (χ0n) is 18.6. The van der Waals surface area contributed by atoms with Crippen molar-refractivity contribution >= 4 is 17.7 Å². The third-order valence-corrected chi connectivity index (χ3v) is 7.05. The monoisotopic (exact) mass is 422 g/mol. The summed E-state index contributed by atoms with van der Waals surface area (Å²) in [5, 5.41) is 3.27. The smallest absolute Gasteiger partial charge is 0.356 e. The summed E-state index contributed by atoms with van der Waals surface area (Å²) in [6, 6.07) is 12.2. The Kier molecular flexibility index (Phi) is 5.47. The number of amides is 2. The molecule has 31 heavy (non-hydrogen) atoms. The Morgan fingerprint density at radius 2 is 1.84 bits per heavy atom. The molecule has 0 bridgehead atoms. The average Bonchev–Trinajstić information content (AvgIpc) is 3.09. The summed E-state index contributed by atoms with van der Waals surface area (Å²) in [6.45, 7) is 2.49. The third-order valence-electron chi connectivity index (χ3n) is 7.05. The zero-order chi connectivity index (χ0) is 22.2. The second kappa shape index (κ2) is 7.96. The number of aryl methyl sites for hydroxylation is 1. The number of nitrogens with one attached hydrogen (secondary N) is 1. The van der Waals surface area contributed by atoms with Gasteiger partial charge in [0.1, 0.15) is 5.69 Å². The van der Waals surface area contributed by atoms with Gasteiger partial charge >= 0.3 is 12.0 Å². The van der Waals surface area contributed by atoms with Crippen LogP contribution in [0, 0.1) is 6.92 Å². The zero-order valence-corrected chi connectivity index (χ0v) is 18.6. The van der Waals surface area contributed by atoms with E-state index in [1.807, 2.05) is 13.0 Å². The SMILES string of the molecule is COC(=O)c1cc(C)c(N2C[C@]3(CC[C@@](c4ccccc4)(N(C)C)CC3)NC2=O)cn1. The molecule has 0 radical (unpaired) electrons. The van der Waals surface area contributed by atoms with Crippen LogP contribution in [-0.4, -0.2) is 55.2 Å². The topological polar surface area (TPSA) is 74.8 Å². The van der Waals surface area contributed by atoms with Crippen molar-refractivity contribution in [3.8, 4) is 0 Å². The number of rotatable bonds is 4. The van der Waals surface area contributed by atoms with E-state index in [0.29, 0.717) is 6.54 Å². The second-order valence-electron chi connectivity index (χ2n) is 8.94. The Morgan fingerprint density at radius 3 is 2.42 bits per heavy atom. The van der Waals surface area contributed by atoms with Crippen molar-refractivity contribution in [1.82, 2.24) is 15.2 Å². The van der Waals surface area contributed by atoms with Crippen LogP contribution in [0.5, 0.6) is 0 Å². The minimum absolute atomic E-state index is 0.0235. The molecule has 1 aliphatic heterocycles. The van der Waals surface area contributed by atoms with Crippen molar-refractivity contribution in [2.75, 3.05) is 32.6 Å². The van der Waals surface area contributed by atoms with Gasteiger partial charge in [-0.1, -0.05) is 30.3 Å². The summed E-state index contributed by atoms with van der Waals surface area (Å²) in [5.41, 5.74) is 2.85. The van der Waals surface area contributed by atoms with E-state index in [4.69, 9.17) is 4.74 Å². The van der Waals surface area contributed by atoms with Crippen molar-refractivity contribution < 1.29 is 14.3 Å². The largest absolute Gasteiger partial charge is 0.464 e. The van der Waals surface area contributed by atoms with E-state index >= 15 is 0 Å². The van der Waals surface area contributed by atoms with Gasteiger partial charge < -0.3 is 10.1 Å². The molecule has 1 aromatic carbocycles. The first kappa shape index (κ1) is 21.3. The van der Waals surface area contributed by atoms with Crippen molar-refractivity contribution in [2.24, 2.45) is 0 Å². The normalized spacial score (nSPS) is 25.7. The molecule has 2 fully saturated rings. The molecule has 4 rings (SSSR count). The molecule has 1 aromatic heterocycles. The van der Waals surface area contributed by atoms with Gasteiger partial charge in [0.2, 0.25) is 0 Å². The van der Waals surface area contributed by atoms with E-state index in [1.165, 1.54) is 12.7 Å². The number of ether oxygens (including phenoxy) is 1. The van der Waals surface area contributed by atoms with Crippen LogP contribution >= 0.6 is 0 Å². The van der Waals surface area contributed by atoms with Gasteiger partial charge in [-0.3, -0.25) is 9.80 Å². The minimum Gasteiger partial charge on any atom is -0.464 e. The molecule has 1 saturated heterocycles. The van der Waals surface area contributed by atoms with E-state index in [9.17, 15) is 9.59 Å². The number of carbonyl (C=O) groups excluding carboxylic acids is 2. The van der Waals surface area contributed by atoms with Gasteiger partial charge in [0, 0.05) is 5.54 Å².